The van der Waals surface area contributed by atoms with E-state index in [4.69, 9.17) is 0 Å². The Kier molecular flexibility index (Phi) is 6.01. The van der Waals surface area contributed by atoms with Crippen molar-refractivity contribution in [2.24, 2.45) is 0 Å². The molecule has 1 aliphatic carbocycles. The Labute approximate surface area is 156 Å². The smallest absolute Gasteiger partial charge is 0.174 e. The number of hydrogen-bond donors (Lipinski definition) is 0. The highest BCUT2D eigenvalue weighted by Gasteiger charge is 2.25. The van der Waals surface area contributed by atoms with Gasteiger partial charge < -0.3 is 0 Å². The van der Waals surface area contributed by atoms with Crippen LogP contribution in [0.4, 0.5) is 17.6 Å². The third kappa shape index (κ3) is 4.42. The van der Waals surface area contributed by atoms with Crippen LogP contribution in [-0.2, 0) is 0 Å². The molecule has 0 N–H and O–H groups in total. The number of benzene rings is 2. The molecule has 2 aromatic carbocycles. The van der Waals surface area contributed by atoms with Gasteiger partial charge in [0.05, 0.1) is 11.1 Å². The Morgan fingerprint density at radius 2 is 1.56 bits per heavy atom. The first-order valence-corrected chi connectivity index (χ1v) is 9.05. The second-order valence-electron chi connectivity index (χ2n) is 6.77. The van der Waals surface area contributed by atoms with Gasteiger partial charge in [-0.05, 0) is 67.9 Å². The minimum atomic E-state index is -1.03. The molecular weight excluding hydrogens is 352 g/mol. The van der Waals surface area contributed by atoms with Crippen LogP contribution in [0.15, 0.2) is 36.4 Å². The highest BCUT2D eigenvalue weighted by atomic mass is 19.2. The summed E-state index contributed by atoms with van der Waals surface area (Å²) in [5.41, 5.74) is 0.970. The summed E-state index contributed by atoms with van der Waals surface area (Å²) in [6.45, 7) is 1.83. The molecule has 0 bridgehead atoms. The number of alkyl halides is 1. The lowest BCUT2D eigenvalue weighted by Crippen LogP contribution is -2.15. The van der Waals surface area contributed by atoms with E-state index in [1.807, 2.05) is 6.92 Å². The van der Waals surface area contributed by atoms with Gasteiger partial charge in [0, 0.05) is 0 Å². The maximum absolute atomic E-state index is 14.5. The molecule has 27 heavy (non-hydrogen) atoms. The Morgan fingerprint density at radius 1 is 0.889 bits per heavy atom. The normalized spacial score (nSPS) is 19.7. The van der Waals surface area contributed by atoms with Crippen molar-refractivity contribution in [3.63, 3.8) is 0 Å². The van der Waals surface area contributed by atoms with Gasteiger partial charge in [0.15, 0.2) is 11.6 Å². The molecule has 0 unspecified atom stereocenters. The SMILES string of the molecule is C/C=C/c1ccc(C#Cc2ccc(C3CCC(F)CC3)c(F)c2F)c(F)c1. The molecule has 1 fully saturated rings. The van der Waals surface area contributed by atoms with Gasteiger partial charge in [-0.15, -0.1) is 0 Å². The number of halogens is 4. The first kappa shape index (κ1) is 19.2. The minimum absolute atomic E-state index is 0.118. The van der Waals surface area contributed by atoms with Crippen molar-refractivity contribution in [2.45, 2.75) is 44.7 Å². The van der Waals surface area contributed by atoms with Crippen LogP contribution in [0.5, 0.6) is 0 Å². The van der Waals surface area contributed by atoms with Crippen LogP contribution in [-0.4, -0.2) is 6.17 Å². The fourth-order valence-electron chi connectivity index (χ4n) is 3.40. The van der Waals surface area contributed by atoms with Gasteiger partial charge in [-0.3, -0.25) is 0 Å². The lowest BCUT2D eigenvalue weighted by Gasteiger charge is -2.25. The lowest BCUT2D eigenvalue weighted by molar-refractivity contribution is 0.233. The summed E-state index contributed by atoms with van der Waals surface area (Å²) in [5, 5.41) is 0. The molecule has 3 rings (SSSR count). The Morgan fingerprint density at radius 3 is 2.22 bits per heavy atom. The molecule has 0 aromatic heterocycles. The molecule has 1 saturated carbocycles. The number of allylic oxidation sites excluding steroid dienone is 1. The van der Waals surface area contributed by atoms with Crippen molar-refractivity contribution in [3.8, 4) is 11.8 Å². The van der Waals surface area contributed by atoms with Gasteiger partial charge in [-0.25, -0.2) is 17.6 Å². The standard InChI is InChI=1S/C23H20F4/c1-2-3-15-4-5-17(21(25)14-15)6-7-18-10-13-20(23(27)22(18)26)16-8-11-19(24)12-9-16/h2-5,10,13-14,16,19H,8-9,11-12H2,1H3/b3-2+. The third-order valence-electron chi connectivity index (χ3n) is 4.89. The van der Waals surface area contributed by atoms with Crippen LogP contribution < -0.4 is 0 Å². The first-order chi connectivity index (χ1) is 13.0. The zero-order chi connectivity index (χ0) is 19.4. The topological polar surface area (TPSA) is 0 Å². The first-order valence-electron chi connectivity index (χ1n) is 9.05. The molecule has 0 nitrogen and oxygen atoms in total. The molecule has 140 valence electrons. The number of rotatable bonds is 2. The van der Waals surface area contributed by atoms with Crippen LogP contribution in [0.25, 0.3) is 6.08 Å². The Hall–Kier alpha value is -2.54. The van der Waals surface area contributed by atoms with Crippen LogP contribution in [0.1, 0.15) is 60.8 Å². The minimum Gasteiger partial charge on any atom is -0.247 e. The van der Waals surface area contributed by atoms with Crippen molar-refractivity contribution < 1.29 is 17.6 Å². The van der Waals surface area contributed by atoms with Crippen LogP contribution in [0.2, 0.25) is 0 Å². The van der Waals surface area contributed by atoms with E-state index in [1.165, 1.54) is 24.3 Å². The summed E-state index contributed by atoms with van der Waals surface area (Å²) in [5.74, 6) is 2.42. The van der Waals surface area contributed by atoms with Gasteiger partial charge in [0.2, 0.25) is 0 Å². The van der Waals surface area contributed by atoms with Crippen molar-refractivity contribution in [3.05, 3.63) is 76.1 Å². The van der Waals surface area contributed by atoms with Crippen LogP contribution in [0.3, 0.4) is 0 Å². The summed E-state index contributed by atoms with van der Waals surface area (Å²) in [6.07, 6.45) is 4.45. The predicted molar refractivity (Wildman–Crippen MR) is 99.6 cm³/mol. The molecule has 0 aliphatic heterocycles. The van der Waals surface area contributed by atoms with E-state index in [9.17, 15) is 17.6 Å². The zero-order valence-electron chi connectivity index (χ0n) is 15.0. The summed E-state index contributed by atoms with van der Waals surface area (Å²) in [7, 11) is 0. The van der Waals surface area contributed by atoms with E-state index in [0.717, 1.165) is 0 Å². The van der Waals surface area contributed by atoms with Gasteiger partial charge in [0.25, 0.3) is 0 Å². The molecular formula is C23H20F4. The van der Waals surface area contributed by atoms with Crippen molar-refractivity contribution in [1.82, 2.24) is 0 Å². The van der Waals surface area contributed by atoms with E-state index in [1.54, 1.807) is 18.2 Å². The summed E-state index contributed by atoms with van der Waals surface area (Å²) < 4.78 is 56.2. The third-order valence-corrected chi connectivity index (χ3v) is 4.89. The predicted octanol–water partition coefficient (Wildman–Crippen LogP) is 6.53. The molecule has 4 heteroatoms. The fourth-order valence-corrected chi connectivity index (χ4v) is 3.40. The van der Waals surface area contributed by atoms with E-state index in [0.29, 0.717) is 31.2 Å². The average Bonchev–Trinajstić information content (AvgIpc) is 2.65. The van der Waals surface area contributed by atoms with Crippen molar-refractivity contribution in [2.75, 3.05) is 0 Å². The van der Waals surface area contributed by atoms with Crippen LogP contribution >= 0.6 is 0 Å². The van der Waals surface area contributed by atoms with Gasteiger partial charge in [-0.1, -0.05) is 36.1 Å². The quantitative estimate of drug-likeness (QED) is 0.415. The Balaban J connectivity index is 1.85. The zero-order valence-corrected chi connectivity index (χ0v) is 15.0. The molecule has 0 atom stereocenters. The van der Waals surface area contributed by atoms with E-state index < -0.39 is 23.6 Å². The highest BCUT2D eigenvalue weighted by Crippen LogP contribution is 2.36. The monoisotopic (exact) mass is 372 g/mol. The van der Waals surface area contributed by atoms with E-state index in [2.05, 4.69) is 11.8 Å². The van der Waals surface area contributed by atoms with Crippen molar-refractivity contribution in [1.29, 1.82) is 0 Å². The average molecular weight is 372 g/mol. The summed E-state index contributed by atoms with van der Waals surface area (Å²) in [4.78, 5) is 0. The lowest BCUT2D eigenvalue weighted by atomic mass is 9.82. The molecule has 0 heterocycles. The fraction of sp³-hybridized carbons (Fsp3) is 0.304. The summed E-state index contributed by atoms with van der Waals surface area (Å²) >= 11 is 0. The highest BCUT2D eigenvalue weighted by molar-refractivity contribution is 5.53. The van der Waals surface area contributed by atoms with Crippen molar-refractivity contribution >= 4 is 6.08 Å². The maximum Gasteiger partial charge on any atom is 0.174 e. The molecule has 0 radical (unpaired) electrons. The molecule has 0 saturated heterocycles. The van der Waals surface area contributed by atoms with Crippen LogP contribution in [0, 0.1) is 29.3 Å². The second kappa shape index (κ2) is 8.43. The molecule has 0 amide bonds. The summed E-state index contributed by atoms with van der Waals surface area (Å²) in [6, 6.07) is 7.47. The molecule has 0 spiro atoms. The largest absolute Gasteiger partial charge is 0.247 e. The second-order valence-corrected chi connectivity index (χ2v) is 6.77. The number of hydrogen-bond acceptors (Lipinski definition) is 0. The van der Waals surface area contributed by atoms with Gasteiger partial charge >= 0.3 is 0 Å². The molecule has 1 aliphatic rings. The van der Waals surface area contributed by atoms with E-state index >= 15 is 0 Å². The van der Waals surface area contributed by atoms with Gasteiger partial charge in [-0.2, -0.15) is 0 Å². The van der Waals surface area contributed by atoms with E-state index in [-0.39, 0.29) is 22.6 Å². The Bertz CT molecular complexity index is 910. The maximum atomic E-state index is 14.5. The van der Waals surface area contributed by atoms with Gasteiger partial charge in [0.1, 0.15) is 12.0 Å². The molecule has 2 aromatic rings.